The summed E-state index contributed by atoms with van der Waals surface area (Å²) in [5.41, 5.74) is 0. The molecule has 1 N–H and O–H groups in total. The Hall–Kier alpha value is -1.67. The number of benzene rings is 1. The topological polar surface area (TPSA) is 89.9 Å². The zero-order chi connectivity index (χ0) is 15.6. The van der Waals surface area contributed by atoms with Crippen molar-refractivity contribution >= 4 is 41.0 Å². The minimum atomic E-state index is -1.98. The number of carbonyl (C=O) groups excluding carboxylic acids is 3. The van der Waals surface area contributed by atoms with Crippen molar-refractivity contribution in [3.63, 3.8) is 0 Å². The second kappa shape index (κ2) is 5.98. The van der Waals surface area contributed by atoms with E-state index in [4.69, 9.17) is 27.9 Å². The number of quaternary nitrogens is 1. The lowest BCUT2D eigenvalue weighted by Gasteiger charge is -2.16. The predicted octanol–water partition coefficient (Wildman–Crippen LogP) is 1.88. The van der Waals surface area contributed by atoms with Crippen LogP contribution in [0.2, 0.25) is 10.0 Å². The standard InChI is InChI=1S/C12H10Cl2NO6/c13-7-1-2-9(8(14)5-7)20-6-12(18)21-15(19)10(16)3-4-11(15)17/h1-2,5,19H,3-4,6H2/q+1. The molecule has 1 aliphatic heterocycles. The third-order valence-corrected chi connectivity index (χ3v) is 3.23. The fourth-order valence-electron chi connectivity index (χ4n) is 1.66. The van der Waals surface area contributed by atoms with E-state index >= 15 is 0 Å². The van der Waals surface area contributed by atoms with Crippen LogP contribution in [0.5, 0.6) is 5.75 Å². The number of halogens is 2. The van der Waals surface area contributed by atoms with Crippen molar-refractivity contribution in [2.75, 3.05) is 6.61 Å². The number of rotatable bonds is 4. The number of hydrogen-bond acceptors (Lipinski definition) is 6. The highest BCUT2D eigenvalue weighted by Gasteiger charge is 2.55. The fraction of sp³-hybridized carbons (Fsp3) is 0.250. The average Bonchev–Trinajstić information content (AvgIpc) is 2.65. The summed E-state index contributed by atoms with van der Waals surface area (Å²) >= 11 is 11.5. The molecule has 1 saturated heterocycles. The first-order valence-corrected chi connectivity index (χ1v) is 6.57. The molecule has 1 aliphatic rings. The van der Waals surface area contributed by atoms with Gasteiger partial charge >= 0.3 is 17.8 Å². The Morgan fingerprint density at radius 1 is 1.24 bits per heavy atom. The molecule has 9 heteroatoms. The summed E-state index contributed by atoms with van der Waals surface area (Å²) in [6.45, 7) is -0.636. The lowest BCUT2D eigenvalue weighted by atomic mass is 10.3. The fourth-order valence-corrected chi connectivity index (χ4v) is 2.12. The van der Waals surface area contributed by atoms with Crippen LogP contribution >= 0.6 is 23.2 Å². The van der Waals surface area contributed by atoms with Crippen molar-refractivity contribution in [1.82, 2.24) is 0 Å². The lowest BCUT2D eigenvalue weighted by molar-refractivity contribution is -1.12. The highest BCUT2D eigenvalue weighted by molar-refractivity contribution is 6.35. The molecule has 1 aromatic rings. The third-order valence-electron chi connectivity index (χ3n) is 2.70. The normalized spacial score (nSPS) is 16.9. The largest absolute Gasteiger partial charge is 0.480 e. The van der Waals surface area contributed by atoms with E-state index in [1.807, 2.05) is 0 Å². The number of amides is 2. The minimum absolute atomic E-state index is 0.168. The molecule has 0 radical (unpaired) electrons. The third kappa shape index (κ3) is 3.33. The maximum Gasteiger partial charge on any atom is 0.409 e. The van der Waals surface area contributed by atoms with E-state index in [-0.39, 0.29) is 23.6 Å². The van der Waals surface area contributed by atoms with E-state index in [0.717, 1.165) is 0 Å². The molecule has 2 rings (SSSR count). The van der Waals surface area contributed by atoms with Crippen molar-refractivity contribution < 1.29 is 34.0 Å². The van der Waals surface area contributed by atoms with Crippen LogP contribution < -0.4 is 4.74 Å². The maximum absolute atomic E-state index is 11.6. The first kappa shape index (κ1) is 15.7. The zero-order valence-electron chi connectivity index (χ0n) is 10.5. The average molecular weight is 335 g/mol. The number of hydroxylamine groups is 4. The number of nitrogens with zero attached hydrogens (tertiary/aromatic N) is 1. The summed E-state index contributed by atoms with van der Waals surface area (Å²) in [6, 6.07) is 4.35. The molecule has 2 amide bonds. The molecular weight excluding hydrogens is 325 g/mol. The molecule has 0 atom stereocenters. The zero-order valence-corrected chi connectivity index (χ0v) is 12.1. The Morgan fingerprint density at radius 2 is 1.86 bits per heavy atom. The lowest BCUT2D eigenvalue weighted by Crippen LogP contribution is -2.51. The smallest absolute Gasteiger partial charge is 0.409 e. The van der Waals surface area contributed by atoms with Gasteiger partial charge in [-0.15, -0.1) is 0 Å². The van der Waals surface area contributed by atoms with Gasteiger partial charge < -0.3 is 4.74 Å². The van der Waals surface area contributed by atoms with Crippen molar-refractivity contribution in [2.24, 2.45) is 0 Å². The van der Waals surface area contributed by atoms with Crippen LogP contribution in [0.4, 0.5) is 0 Å². The summed E-state index contributed by atoms with van der Waals surface area (Å²) in [6.07, 6.45) is -0.376. The number of ether oxygens (including phenoxy) is 1. The molecule has 1 aromatic carbocycles. The van der Waals surface area contributed by atoms with Crippen LogP contribution in [0, 0.1) is 0 Å². The van der Waals surface area contributed by atoms with Crippen molar-refractivity contribution in [3.8, 4) is 5.75 Å². The van der Waals surface area contributed by atoms with Gasteiger partial charge in [-0.05, 0) is 18.2 Å². The summed E-state index contributed by atoms with van der Waals surface area (Å²) in [5.74, 6) is -2.73. The van der Waals surface area contributed by atoms with Gasteiger partial charge in [0.15, 0.2) is 6.61 Å². The van der Waals surface area contributed by atoms with Gasteiger partial charge in [-0.2, -0.15) is 5.21 Å². The van der Waals surface area contributed by atoms with Crippen molar-refractivity contribution in [1.29, 1.82) is 0 Å². The molecule has 0 bridgehead atoms. The molecule has 0 spiro atoms. The summed E-state index contributed by atoms with van der Waals surface area (Å²) in [4.78, 5) is 36.8. The van der Waals surface area contributed by atoms with Gasteiger partial charge in [0.25, 0.3) is 0 Å². The Bertz CT molecular complexity index is 602. The first-order chi connectivity index (χ1) is 9.83. The Labute approximate surface area is 129 Å². The number of carbonyl (C=O) groups is 3. The van der Waals surface area contributed by atoms with Gasteiger partial charge in [-0.25, -0.2) is 19.2 Å². The predicted molar refractivity (Wildman–Crippen MR) is 69.3 cm³/mol. The second-order valence-electron chi connectivity index (χ2n) is 4.19. The molecular formula is C12H10Cl2NO6+. The van der Waals surface area contributed by atoms with E-state index in [9.17, 15) is 19.6 Å². The van der Waals surface area contributed by atoms with E-state index in [2.05, 4.69) is 4.84 Å². The minimum Gasteiger partial charge on any atom is -0.480 e. The molecule has 1 heterocycles. The summed E-state index contributed by atoms with van der Waals surface area (Å²) < 4.78 is 5.07. The molecule has 0 unspecified atom stereocenters. The highest BCUT2D eigenvalue weighted by atomic mass is 35.5. The van der Waals surface area contributed by atoms with Crippen LogP contribution in [0.3, 0.4) is 0 Å². The quantitative estimate of drug-likeness (QED) is 0.513. The van der Waals surface area contributed by atoms with Gasteiger partial charge in [0.1, 0.15) is 10.6 Å². The van der Waals surface area contributed by atoms with Gasteiger partial charge in [0.05, 0.1) is 17.9 Å². The molecule has 0 aromatic heterocycles. The van der Waals surface area contributed by atoms with E-state index in [1.165, 1.54) is 18.2 Å². The van der Waals surface area contributed by atoms with Crippen LogP contribution in [0.1, 0.15) is 12.8 Å². The summed E-state index contributed by atoms with van der Waals surface area (Å²) in [5, 5.41) is 10.3. The van der Waals surface area contributed by atoms with Gasteiger partial charge in [-0.3, -0.25) is 0 Å². The van der Waals surface area contributed by atoms with Gasteiger partial charge in [0, 0.05) is 5.02 Å². The number of imide groups is 1. The molecule has 1 fully saturated rings. The monoisotopic (exact) mass is 334 g/mol. The molecule has 0 aliphatic carbocycles. The maximum atomic E-state index is 11.6. The van der Waals surface area contributed by atoms with Crippen LogP contribution in [-0.4, -0.2) is 34.4 Å². The Kier molecular flexibility index (Phi) is 4.48. The molecule has 0 saturated carbocycles. The van der Waals surface area contributed by atoms with Crippen LogP contribution in [0.25, 0.3) is 0 Å². The second-order valence-corrected chi connectivity index (χ2v) is 5.03. The molecule has 21 heavy (non-hydrogen) atoms. The van der Waals surface area contributed by atoms with Gasteiger partial charge in [0.2, 0.25) is 0 Å². The van der Waals surface area contributed by atoms with Crippen molar-refractivity contribution in [3.05, 3.63) is 28.2 Å². The van der Waals surface area contributed by atoms with E-state index in [0.29, 0.717) is 5.02 Å². The Balaban J connectivity index is 1.96. The van der Waals surface area contributed by atoms with Gasteiger partial charge in [-0.1, -0.05) is 23.2 Å². The summed E-state index contributed by atoms with van der Waals surface area (Å²) in [7, 11) is 0. The first-order valence-electron chi connectivity index (χ1n) is 5.82. The highest BCUT2D eigenvalue weighted by Crippen LogP contribution is 2.27. The molecule has 7 nitrogen and oxygen atoms in total. The van der Waals surface area contributed by atoms with Crippen LogP contribution in [-0.2, 0) is 19.2 Å². The van der Waals surface area contributed by atoms with E-state index < -0.39 is 29.2 Å². The van der Waals surface area contributed by atoms with Crippen molar-refractivity contribution in [2.45, 2.75) is 12.8 Å². The Morgan fingerprint density at radius 3 is 2.43 bits per heavy atom. The number of hydrogen-bond donors (Lipinski definition) is 1. The van der Waals surface area contributed by atoms with E-state index in [1.54, 1.807) is 0 Å². The van der Waals surface area contributed by atoms with Crippen LogP contribution in [0.15, 0.2) is 18.2 Å². The SMILES string of the molecule is O=C(COc1ccc(Cl)cc1Cl)O[N+]1(O)C(=O)CCC1=O. The molecule has 112 valence electrons.